The van der Waals surface area contributed by atoms with Gasteiger partial charge in [-0.05, 0) is 24.6 Å². The monoisotopic (exact) mass is 211 g/mol. The second-order valence-corrected chi connectivity index (χ2v) is 4.11. The number of nitrogen functional groups attached to an aromatic ring is 1. The molecule has 3 nitrogen and oxygen atoms in total. The molecule has 0 radical (unpaired) electrons. The van der Waals surface area contributed by atoms with Crippen LogP contribution in [0.5, 0.6) is 0 Å². The van der Waals surface area contributed by atoms with Crippen molar-refractivity contribution in [3.05, 3.63) is 23.2 Å². The molecule has 1 aliphatic heterocycles. The highest BCUT2D eigenvalue weighted by molar-refractivity contribution is 6.33. The van der Waals surface area contributed by atoms with Crippen LogP contribution in [-0.4, -0.2) is 19.1 Å². The Morgan fingerprint density at radius 1 is 1.43 bits per heavy atom. The van der Waals surface area contributed by atoms with Gasteiger partial charge in [0.15, 0.2) is 0 Å². The molecule has 1 atom stereocenters. The normalized spacial score (nSPS) is 21.6. The van der Waals surface area contributed by atoms with E-state index in [9.17, 15) is 0 Å². The maximum absolute atomic E-state index is 5.95. The number of rotatable bonds is 1. The van der Waals surface area contributed by atoms with Gasteiger partial charge in [-0.3, -0.25) is 0 Å². The molecule has 2 rings (SSSR count). The van der Waals surface area contributed by atoms with E-state index in [4.69, 9.17) is 23.1 Å². The van der Waals surface area contributed by atoms with E-state index in [1.165, 1.54) is 0 Å². The molecule has 1 aromatic carbocycles. The van der Waals surface area contributed by atoms with Crippen LogP contribution in [0.4, 0.5) is 11.4 Å². The van der Waals surface area contributed by atoms with E-state index >= 15 is 0 Å². The molecular weight excluding hydrogens is 198 g/mol. The minimum atomic E-state index is 0.284. The van der Waals surface area contributed by atoms with Crippen molar-refractivity contribution in [3.8, 4) is 0 Å². The lowest BCUT2D eigenvalue weighted by Crippen LogP contribution is -2.26. The highest BCUT2D eigenvalue weighted by Crippen LogP contribution is 2.27. The van der Waals surface area contributed by atoms with Crippen LogP contribution in [0.2, 0.25) is 5.02 Å². The third kappa shape index (κ3) is 1.79. The fraction of sp³-hybridized carbons (Fsp3) is 0.400. The lowest BCUT2D eigenvalue weighted by atomic mass is 10.2. The highest BCUT2D eigenvalue weighted by Gasteiger charge is 2.19. The Morgan fingerprint density at radius 2 is 2.21 bits per heavy atom. The van der Waals surface area contributed by atoms with Crippen LogP contribution in [0.3, 0.4) is 0 Å². The summed E-state index contributed by atoms with van der Waals surface area (Å²) in [5, 5.41) is 0.614. The number of nitrogens with two attached hydrogens (primary N) is 2. The molecule has 76 valence electrons. The largest absolute Gasteiger partial charge is 0.398 e. The molecule has 4 N–H and O–H groups in total. The van der Waals surface area contributed by atoms with Gasteiger partial charge in [-0.1, -0.05) is 11.6 Å². The zero-order valence-corrected chi connectivity index (χ0v) is 8.67. The standard InChI is InChI=1S/C10H14ClN3/c11-9-5-8(1-2-10(9)13)14-4-3-7(12)6-14/h1-2,5,7H,3-4,6,12-13H2/t7-/m1/s1. The molecule has 0 aromatic heterocycles. The molecule has 0 saturated carbocycles. The van der Waals surface area contributed by atoms with Gasteiger partial charge < -0.3 is 16.4 Å². The summed E-state index contributed by atoms with van der Waals surface area (Å²) in [4.78, 5) is 2.23. The van der Waals surface area contributed by atoms with Crippen molar-refractivity contribution in [2.45, 2.75) is 12.5 Å². The SMILES string of the molecule is Nc1ccc(N2CC[C@@H](N)C2)cc1Cl. The molecule has 1 aromatic rings. The molecule has 4 heteroatoms. The van der Waals surface area contributed by atoms with Gasteiger partial charge in [-0.15, -0.1) is 0 Å². The first-order chi connectivity index (χ1) is 6.66. The maximum Gasteiger partial charge on any atom is 0.0656 e. The molecule has 1 fully saturated rings. The number of hydrogen-bond donors (Lipinski definition) is 2. The van der Waals surface area contributed by atoms with Crippen LogP contribution in [0.15, 0.2) is 18.2 Å². The van der Waals surface area contributed by atoms with E-state index in [1.54, 1.807) is 0 Å². The second kappa shape index (κ2) is 3.67. The van der Waals surface area contributed by atoms with Crippen molar-refractivity contribution in [2.24, 2.45) is 5.73 Å². The zero-order valence-electron chi connectivity index (χ0n) is 7.91. The predicted octanol–water partition coefficient (Wildman–Crippen LogP) is 1.46. The average Bonchev–Trinajstić information content (AvgIpc) is 2.57. The maximum atomic E-state index is 5.95. The number of nitrogens with zero attached hydrogens (tertiary/aromatic N) is 1. The van der Waals surface area contributed by atoms with Gasteiger partial charge in [0.2, 0.25) is 0 Å². The van der Waals surface area contributed by atoms with Crippen molar-refractivity contribution in [1.29, 1.82) is 0 Å². The average molecular weight is 212 g/mol. The third-order valence-electron chi connectivity index (χ3n) is 2.57. The number of anilines is 2. The zero-order chi connectivity index (χ0) is 10.1. The fourth-order valence-corrected chi connectivity index (χ4v) is 1.91. The number of benzene rings is 1. The lowest BCUT2D eigenvalue weighted by molar-refractivity contribution is 0.752. The first kappa shape index (κ1) is 9.62. The van der Waals surface area contributed by atoms with Gasteiger partial charge in [-0.25, -0.2) is 0 Å². The summed E-state index contributed by atoms with van der Waals surface area (Å²) >= 11 is 5.95. The molecule has 0 aliphatic carbocycles. The van der Waals surface area contributed by atoms with Gasteiger partial charge in [0.05, 0.1) is 10.7 Å². The molecule has 1 aliphatic rings. The van der Waals surface area contributed by atoms with Crippen LogP contribution in [0.1, 0.15) is 6.42 Å². The minimum Gasteiger partial charge on any atom is -0.398 e. The van der Waals surface area contributed by atoms with Crippen LogP contribution in [0.25, 0.3) is 0 Å². The predicted molar refractivity (Wildman–Crippen MR) is 60.7 cm³/mol. The molecule has 0 bridgehead atoms. The molecule has 0 amide bonds. The highest BCUT2D eigenvalue weighted by atomic mass is 35.5. The van der Waals surface area contributed by atoms with Crippen LogP contribution >= 0.6 is 11.6 Å². The summed E-state index contributed by atoms with van der Waals surface area (Å²) in [6.07, 6.45) is 1.04. The van der Waals surface area contributed by atoms with Gasteiger partial charge in [0, 0.05) is 24.8 Å². The third-order valence-corrected chi connectivity index (χ3v) is 2.90. The van der Waals surface area contributed by atoms with E-state index in [0.717, 1.165) is 25.2 Å². The summed E-state index contributed by atoms with van der Waals surface area (Å²) in [7, 11) is 0. The van der Waals surface area contributed by atoms with Crippen molar-refractivity contribution >= 4 is 23.0 Å². The smallest absolute Gasteiger partial charge is 0.0656 e. The Hall–Kier alpha value is -0.930. The molecular formula is C10H14ClN3. The Kier molecular flexibility index (Phi) is 2.52. The Labute approximate surface area is 88.6 Å². The number of halogens is 1. The Balaban J connectivity index is 2.20. The van der Waals surface area contributed by atoms with E-state index in [2.05, 4.69) is 4.90 Å². The first-order valence-corrected chi connectivity index (χ1v) is 5.10. The molecule has 14 heavy (non-hydrogen) atoms. The topological polar surface area (TPSA) is 55.3 Å². The van der Waals surface area contributed by atoms with E-state index in [1.807, 2.05) is 18.2 Å². The van der Waals surface area contributed by atoms with Crippen molar-refractivity contribution < 1.29 is 0 Å². The van der Waals surface area contributed by atoms with Crippen molar-refractivity contribution in [1.82, 2.24) is 0 Å². The molecule has 0 spiro atoms. The van der Waals surface area contributed by atoms with Gasteiger partial charge in [0.1, 0.15) is 0 Å². The first-order valence-electron chi connectivity index (χ1n) is 4.72. The summed E-state index contributed by atoms with van der Waals surface area (Å²) in [6.45, 7) is 1.90. The van der Waals surface area contributed by atoms with Crippen molar-refractivity contribution in [3.63, 3.8) is 0 Å². The van der Waals surface area contributed by atoms with E-state index in [-0.39, 0.29) is 6.04 Å². The molecule has 1 heterocycles. The van der Waals surface area contributed by atoms with Crippen molar-refractivity contribution in [2.75, 3.05) is 23.7 Å². The Bertz CT molecular complexity index is 340. The minimum absolute atomic E-state index is 0.284. The van der Waals surface area contributed by atoms with E-state index in [0.29, 0.717) is 10.7 Å². The quantitative estimate of drug-likeness (QED) is 0.692. The number of hydrogen-bond acceptors (Lipinski definition) is 3. The van der Waals surface area contributed by atoms with Gasteiger partial charge >= 0.3 is 0 Å². The van der Waals surface area contributed by atoms with Gasteiger partial charge in [0.25, 0.3) is 0 Å². The summed E-state index contributed by atoms with van der Waals surface area (Å²) < 4.78 is 0. The fourth-order valence-electron chi connectivity index (χ4n) is 1.73. The molecule has 1 saturated heterocycles. The summed E-state index contributed by atoms with van der Waals surface area (Å²) in [5.41, 5.74) is 13.2. The van der Waals surface area contributed by atoms with Crippen LogP contribution < -0.4 is 16.4 Å². The van der Waals surface area contributed by atoms with Crippen LogP contribution in [-0.2, 0) is 0 Å². The lowest BCUT2D eigenvalue weighted by Gasteiger charge is -2.18. The van der Waals surface area contributed by atoms with Crippen LogP contribution in [0, 0.1) is 0 Å². The Morgan fingerprint density at radius 3 is 2.79 bits per heavy atom. The second-order valence-electron chi connectivity index (χ2n) is 3.70. The molecule has 0 unspecified atom stereocenters. The van der Waals surface area contributed by atoms with Gasteiger partial charge in [-0.2, -0.15) is 0 Å². The summed E-state index contributed by atoms with van der Waals surface area (Å²) in [5.74, 6) is 0. The van der Waals surface area contributed by atoms with E-state index < -0.39 is 0 Å². The summed E-state index contributed by atoms with van der Waals surface area (Å²) in [6, 6.07) is 6.00.